The van der Waals surface area contributed by atoms with E-state index in [9.17, 15) is 4.79 Å². The van der Waals surface area contributed by atoms with Crippen LogP contribution in [0.1, 0.15) is 27.7 Å². The molecule has 1 atom stereocenters. The largest absolute Gasteiger partial charge is 0.483 e. The van der Waals surface area contributed by atoms with E-state index in [0.29, 0.717) is 0 Å². The summed E-state index contributed by atoms with van der Waals surface area (Å²) in [6.45, 7) is 7.50. The maximum atomic E-state index is 11.8. The van der Waals surface area contributed by atoms with Crippen LogP contribution in [-0.2, 0) is 4.79 Å². The zero-order chi connectivity index (χ0) is 11.5. The monoisotopic (exact) mass is 206 g/mol. The van der Waals surface area contributed by atoms with Crippen LogP contribution in [0.15, 0.2) is 30.3 Å². The van der Waals surface area contributed by atoms with Crippen LogP contribution >= 0.6 is 0 Å². The molecule has 2 heteroatoms. The highest BCUT2D eigenvalue weighted by molar-refractivity contribution is 5.87. The summed E-state index contributed by atoms with van der Waals surface area (Å²) in [6, 6.07) is 9.41. The van der Waals surface area contributed by atoms with E-state index in [1.165, 1.54) is 0 Å². The van der Waals surface area contributed by atoms with Gasteiger partial charge in [-0.15, -0.1) is 0 Å². The number of ketones is 1. The van der Waals surface area contributed by atoms with E-state index >= 15 is 0 Å². The highest BCUT2D eigenvalue weighted by Gasteiger charge is 2.27. The van der Waals surface area contributed by atoms with Crippen LogP contribution in [0, 0.1) is 5.41 Å². The second-order valence-electron chi connectivity index (χ2n) is 4.69. The molecule has 0 radical (unpaired) electrons. The van der Waals surface area contributed by atoms with Crippen LogP contribution in [0.2, 0.25) is 0 Å². The van der Waals surface area contributed by atoms with Crippen LogP contribution in [0.25, 0.3) is 0 Å². The Labute approximate surface area is 91.3 Å². The minimum Gasteiger partial charge on any atom is -0.483 e. The highest BCUT2D eigenvalue weighted by Crippen LogP contribution is 2.20. The Balaban J connectivity index is 2.65. The number of rotatable bonds is 3. The van der Waals surface area contributed by atoms with Crippen molar-refractivity contribution < 1.29 is 9.53 Å². The molecule has 2 nitrogen and oxygen atoms in total. The Morgan fingerprint density at radius 2 is 1.73 bits per heavy atom. The second kappa shape index (κ2) is 4.47. The molecule has 0 bridgehead atoms. The number of para-hydroxylation sites is 1. The van der Waals surface area contributed by atoms with Gasteiger partial charge in [-0.2, -0.15) is 0 Å². The smallest absolute Gasteiger partial charge is 0.178 e. The third kappa shape index (κ3) is 3.39. The number of Topliss-reactive ketones (excluding diaryl/α,β-unsaturated/α-hetero) is 1. The van der Waals surface area contributed by atoms with Crippen LogP contribution in [0.4, 0.5) is 0 Å². The Bertz CT molecular complexity index is 322. The molecule has 0 aliphatic heterocycles. The highest BCUT2D eigenvalue weighted by atomic mass is 16.5. The lowest BCUT2D eigenvalue weighted by atomic mass is 9.88. The molecule has 82 valence electrons. The molecular formula is C13H18O2. The van der Waals surface area contributed by atoms with Crippen molar-refractivity contribution in [3.8, 4) is 5.75 Å². The fourth-order valence-electron chi connectivity index (χ4n) is 1.37. The van der Waals surface area contributed by atoms with Gasteiger partial charge in [0.05, 0.1) is 0 Å². The van der Waals surface area contributed by atoms with Gasteiger partial charge in [0.15, 0.2) is 11.9 Å². The van der Waals surface area contributed by atoms with E-state index in [0.717, 1.165) is 5.75 Å². The van der Waals surface area contributed by atoms with E-state index < -0.39 is 6.10 Å². The van der Waals surface area contributed by atoms with Gasteiger partial charge in [-0.25, -0.2) is 0 Å². The summed E-state index contributed by atoms with van der Waals surface area (Å²) in [6.07, 6.45) is -0.396. The standard InChI is InChI=1S/C13H18O2/c1-10(12(14)13(2,3)4)15-11-8-6-5-7-9-11/h5-10H,1-4H3. The molecule has 0 N–H and O–H groups in total. The molecule has 15 heavy (non-hydrogen) atoms. The van der Waals surface area contributed by atoms with Crippen LogP contribution in [0.5, 0.6) is 5.75 Å². The summed E-state index contributed by atoms with van der Waals surface area (Å²) in [7, 11) is 0. The molecule has 0 aliphatic carbocycles. The molecular weight excluding hydrogens is 188 g/mol. The van der Waals surface area contributed by atoms with Gasteiger partial charge >= 0.3 is 0 Å². The van der Waals surface area contributed by atoms with Crippen molar-refractivity contribution in [2.75, 3.05) is 0 Å². The third-order valence-electron chi connectivity index (χ3n) is 2.16. The van der Waals surface area contributed by atoms with Gasteiger partial charge in [-0.05, 0) is 19.1 Å². The Morgan fingerprint density at radius 3 is 2.20 bits per heavy atom. The first-order valence-electron chi connectivity index (χ1n) is 5.17. The van der Waals surface area contributed by atoms with Crippen molar-refractivity contribution in [1.82, 2.24) is 0 Å². The topological polar surface area (TPSA) is 26.3 Å². The molecule has 0 amide bonds. The van der Waals surface area contributed by atoms with Gasteiger partial charge in [-0.1, -0.05) is 39.0 Å². The zero-order valence-corrected chi connectivity index (χ0v) is 9.78. The minimum absolute atomic E-state index is 0.117. The molecule has 0 saturated carbocycles. The molecule has 0 fully saturated rings. The van der Waals surface area contributed by atoms with Gasteiger partial charge < -0.3 is 4.74 Å². The molecule has 0 spiro atoms. The normalized spacial score (nSPS) is 13.3. The molecule has 0 aliphatic rings. The van der Waals surface area contributed by atoms with Crippen molar-refractivity contribution in [3.63, 3.8) is 0 Å². The number of hydrogen-bond acceptors (Lipinski definition) is 2. The van der Waals surface area contributed by atoms with Crippen molar-refractivity contribution in [2.45, 2.75) is 33.8 Å². The first kappa shape index (κ1) is 11.8. The van der Waals surface area contributed by atoms with Gasteiger partial charge in [-0.3, -0.25) is 4.79 Å². The zero-order valence-electron chi connectivity index (χ0n) is 9.78. The lowest BCUT2D eigenvalue weighted by molar-refractivity contribution is -0.132. The maximum Gasteiger partial charge on any atom is 0.178 e. The van der Waals surface area contributed by atoms with Crippen molar-refractivity contribution in [2.24, 2.45) is 5.41 Å². The Morgan fingerprint density at radius 1 is 1.20 bits per heavy atom. The molecule has 1 aromatic carbocycles. The number of hydrogen-bond donors (Lipinski definition) is 0. The average molecular weight is 206 g/mol. The second-order valence-corrected chi connectivity index (χ2v) is 4.69. The van der Waals surface area contributed by atoms with Crippen molar-refractivity contribution >= 4 is 5.78 Å². The van der Waals surface area contributed by atoms with E-state index in [2.05, 4.69) is 0 Å². The first-order valence-corrected chi connectivity index (χ1v) is 5.17. The van der Waals surface area contributed by atoms with E-state index in [4.69, 9.17) is 4.74 Å². The summed E-state index contributed by atoms with van der Waals surface area (Å²) < 4.78 is 5.55. The molecule has 1 unspecified atom stereocenters. The van der Waals surface area contributed by atoms with E-state index in [-0.39, 0.29) is 11.2 Å². The van der Waals surface area contributed by atoms with Gasteiger partial charge in [0.1, 0.15) is 5.75 Å². The summed E-state index contributed by atoms with van der Waals surface area (Å²) in [5.74, 6) is 0.856. The fraction of sp³-hybridized carbons (Fsp3) is 0.462. The molecule has 0 heterocycles. The fourth-order valence-corrected chi connectivity index (χ4v) is 1.37. The van der Waals surface area contributed by atoms with Crippen LogP contribution in [0.3, 0.4) is 0 Å². The number of ether oxygens (including phenoxy) is 1. The number of carbonyl (C=O) groups excluding carboxylic acids is 1. The first-order chi connectivity index (χ1) is 6.91. The predicted octanol–water partition coefficient (Wildman–Crippen LogP) is 3.07. The summed E-state index contributed by atoms with van der Waals surface area (Å²) in [5, 5.41) is 0. The van der Waals surface area contributed by atoms with Crippen molar-refractivity contribution in [1.29, 1.82) is 0 Å². The quantitative estimate of drug-likeness (QED) is 0.759. The Hall–Kier alpha value is -1.31. The molecule has 1 aromatic rings. The average Bonchev–Trinajstić information content (AvgIpc) is 2.16. The van der Waals surface area contributed by atoms with Gasteiger partial charge in [0.2, 0.25) is 0 Å². The predicted molar refractivity (Wildman–Crippen MR) is 61.0 cm³/mol. The third-order valence-corrected chi connectivity index (χ3v) is 2.16. The van der Waals surface area contributed by atoms with Gasteiger partial charge in [0.25, 0.3) is 0 Å². The number of benzene rings is 1. The summed E-state index contributed by atoms with van der Waals surface area (Å²) >= 11 is 0. The lowest BCUT2D eigenvalue weighted by Crippen LogP contribution is -2.34. The lowest BCUT2D eigenvalue weighted by Gasteiger charge is -2.22. The summed E-state index contributed by atoms with van der Waals surface area (Å²) in [5.41, 5.74) is -0.353. The SMILES string of the molecule is CC(Oc1ccccc1)C(=O)C(C)(C)C. The summed E-state index contributed by atoms with van der Waals surface area (Å²) in [4.78, 5) is 11.8. The number of carbonyl (C=O) groups is 1. The van der Waals surface area contributed by atoms with Crippen LogP contribution in [-0.4, -0.2) is 11.9 Å². The molecule has 0 aromatic heterocycles. The van der Waals surface area contributed by atoms with Gasteiger partial charge in [0, 0.05) is 5.41 Å². The van der Waals surface area contributed by atoms with Crippen molar-refractivity contribution in [3.05, 3.63) is 30.3 Å². The minimum atomic E-state index is -0.396. The molecule has 0 saturated heterocycles. The van der Waals surface area contributed by atoms with E-state index in [1.54, 1.807) is 6.92 Å². The molecule has 1 rings (SSSR count). The Kier molecular flexibility index (Phi) is 3.51. The van der Waals surface area contributed by atoms with Crippen LogP contribution < -0.4 is 4.74 Å². The van der Waals surface area contributed by atoms with E-state index in [1.807, 2.05) is 51.1 Å². The maximum absolute atomic E-state index is 11.8.